The molecule has 3 aromatic heterocycles. The number of aromatic amines is 1. The lowest BCUT2D eigenvalue weighted by Gasteiger charge is -2.08. The number of fused-ring (bicyclic) bond motifs is 2. The third-order valence-electron chi connectivity index (χ3n) is 3.83. The first-order valence-electron chi connectivity index (χ1n) is 7.34. The highest BCUT2D eigenvalue weighted by Crippen LogP contribution is 2.20. The minimum absolute atomic E-state index is 0.0155. The number of nitrogens with zero attached hydrogens (tertiary/aromatic N) is 5. The summed E-state index contributed by atoms with van der Waals surface area (Å²) in [6, 6.07) is 4.64. The Morgan fingerprint density at radius 1 is 1.16 bits per heavy atom. The van der Waals surface area contributed by atoms with E-state index < -0.39 is 16.9 Å². The summed E-state index contributed by atoms with van der Waals surface area (Å²) < 4.78 is 1.03. The van der Waals surface area contributed by atoms with Gasteiger partial charge in [0, 0.05) is 10.4 Å². The number of aromatic nitrogens is 6. The molecule has 0 aliphatic heterocycles. The lowest BCUT2D eigenvalue weighted by atomic mass is 10.1. The predicted molar refractivity (Wildman–Crippen MR) is 90.8 cm³/mol. The molecule has 0 unspecified atom stereocenters. The van der Waals surface area contributed by atoms with Crippen LogP contribution in [0.25, 0.3) is 21.8 Å². The molecule has 4 aromatic rings. The van der Waals surface area contributed by atoms with Crippen LogP contribution in [0, 0.1) is 0 Å². The standard InChI is InChI=1S/C15H11ClN6O3/c16-8-1-2-9-10(7-8)19-12-11(13(9)23)15(25)21(20-14(12)24)5-6-22-17-3-4-18-22/h1-4,7H,5-6H2,(H,19,23)(H,20,24). The topological polar surface area (TPSA) is 119 Å². The number of halogens is 1. The van der Waals surface area contributed by atoms with Gasteiger partial charge in [-0.15, -0.1) is 5.10 Å². The Kier molecular flexibility index (Phi) is 3.50. The molecule has 0 aliphatic rings. The van der Waals surface area contributed by atoms with Crippen LogP contribution < -0.4 is 11.0 Å². The third-order valence-corrected chi connectivity index (χ3v) is 4.06. The summed E-state index contributed by atoms with van der Waals surface area (Å²) in [7, 11) is 0. The molecule has 0 fully saturated rings. The molecule has 25 heavy (non-hydrogen) atoms. The highest BCUT2D eigenvalue weighted by atomic mass is 35.5. The van der Waals surface area contributed by atoms with Crippen molar-refractivity contribution in [1.29, 1.82) is 0 Å². The van der Waals surface area contributed by atoms with Crippen LogP contribution >= 0.6 is 11.6 Å². The Morgan fingerprint density at radius 3 is 2.68 bits per heavy atom. The van der Waals surface area contributed by atoms with Crippen LogP contribution in [0.4, 0.5) is 0 Å². The van der Waals surface area contributed by atoms with Crippen molar-refractivity contribution in [2.75, 3.05) is 0 Å². The molecule has 0 atom stereocenters. The summed E-state index contributed by atoms with van der Waals surface area (Å²) in [5.74, 6) is -0.443. The second-order valence-corrected chi connectivity index (χ2v) is 5.81. The second-order valence-electron chi connectivity index (χ2n) is 5.37. The van der Waals surface area contributed by atoms with E-state index in [9.17, 15) is 14.7 Å². The van der Waals surface area contributed by atoms with E-state index in [2.05, 4.69) is 20.3 Å². The largest absolute Gasteiger partial charge is 0.491 e. The van der Waals surface area contributed by atoms with Gasteiger partial charge in [0.15, 0.2) is 0 Å². The predicted octanol–water partition coefficient (Wildman–Crippen LogP) is 0.889. The molecule has 2 N–H and O–H groups in total. The van der Waals surface area contributed by atoms with Crippen LogP contribution in [0.1, 0.15) is 0 Å². The quantitative estimate of drug-likeness (QED) is 0.525. The fourth-order valence-corrected chi connectivity index (χ4v) is 2.84. The van der Waals surface area contributed by atoms with Gasteiger partial charge in [0.05, 0.1) is 31.0 Å². The van der Waals surface area contributed by atoms with Gasteiger partial charge < -0.3 is 10.1 Å². The minimum Gasteiger partial charge on any atom is -0.491 e. The molecule has 1 aromatic carbocycles. The van der Waals surface area contributed by atoms with E-state index in [0.29, 0.717) is 15.9 Å². The average molecular weight is 359 g/mol. The van der Waals surface area contributed by atoms with Crippen molar-refractivity contribution in [2.45, 2.75) is 13.1 Å². The summed E-state index contributed by atoms with van der Waals surface area (Å²) in [5.41, 5.74) is -0.689. The van der Waals surface area contributed by atoms with Crippen molar-refractivity contribution in [3.63, 3.8) is 0 Å². The van der Waals surface area contributed by atoms with Crippen molar-refractivity contribution in [3.05, 3.63) is 56.2 Å². The summed E-state index contributed by atoms with van der Waals surface area (Å²) in [6.45, 7) is 0.376. The first-order valence-corrected chi connectivity index (χ1v) is 7.72. The average Bonchev–Trinajstić information content (AvgIpc) is 3.10. The zero-order valence-electron chi connectivity index (χ0n) is 12.7. The van der Waals surface area contributed by atoms with Crippen LogP contribution in [-0.4, -0.2) is 34.9 Å². The molecule has 0 aliphatic carbocycles. The van der Waals surface area contributed by atoms with Gasteiger partial charge in [-0.1, -0.05) is 11.6 Å². The Labute approximate surface area is 144 Å². The molecule has 4 rings (SSSR count). The molecule has 0 spiro atoms. The Hall–Kier alpha value is -3.20. The molecule has 0 bridgehead atoms. The lowest BCUT2D eigenvalue weighted by Crippen LogP contribution is -2.29. The van der Waals surface area contributed by atoms with Crippen molar-refractivity contribution >= 4 is 33.4 Å². The van der Waals surface area contributed by atoms with E-state index in [1.165, 1.54) is 23.3 Å². The number of nitrogens with one attached hydrogen (secondary N) is 1. The maximum atomic E-state index is 12.7. The van der Waals surface area contributed by atoms with E-state index in [0.717, 1.165) is 4.68 Å². The number of rotatable bonds is 3. The van der Waals surface area contributed by atoms with Crippen molar-refractivity contribution < 1.29 is 5.11 Å². The summed E-state index contributed by atoms with van der Waals surface area (Å²) in [6.07, 6.45) is 3.02. The number of benzene rings is 1. The smallest absolute Gasteiger partial charge is 0.280 e. The van der Waals surface area contributed by atoms with Gasteiger partial charge in [0.1, 0.15) is 10.9 Å². The molecule has 126 valence electrons. The van der Waals surface area contributed by atoms with E-state index in [-0.39, 0.29) is 24.0 Å². The van der Waals surface area contributed by atoms with Crippen LogP contribution in [-0.2, 0) is 13.1 Å². The maximum absolute atomic E-state index is 12.7. The van der Waals surface area contributed by atoms with Crippen LogP contribution in [0.2, 0.25) is 5.02 Å². The zero-order chi connectivity index (χ0) is 17.6. The van der Waals surface area contributed by atoms with Crippen molar-refractivity contribution in [2.24, 2.45) is 0 Å². The molecule has 3 heterocycles. The van der Waals surface area contributed by atoms with Crippen LogP contribution in [0.3, 0.4) is 0 Å². The summed E-state index contributed by atoms with van der Waals surface area (Å²) >= 11 is 5.93. The first-order chi connectivity index (χ1) is 12.0. The molecule has 0 amide bonds. The van der Waals surface area contributed by atoms with Gasteiger partial charge in [-0.3, -0.25) is 9.59 Å². The van der Waals surface area contributed by atoms with Gasteiger partial charge in [0.25, 0.3) is 11.4 Å². The van der Waals surface area contributed by atoms with Gasteiger partial charge >= 0.3 is 0 Å². The monoisotopic (exact) mass is 358 g/mol. The zero-order valence-corrected chi connectivity index (χ0v) is 13.4. The first kappa shape index (κ1) is 15.3. The highest BCUT2D eigenvalue weighted by molar-refractivity contribution is 6.31. The Bertz CT molecular complexity index is 1210. The summed E-state index contributed by atoms with van der Waals surface area (Å²) in [4.78, 5) is 29.6. The molecular formula is C15H11ClN6O3. The van der Waals surface area contributed by atoms with E-state index in [1.54, 1.807) is 12.1 Å². The fraction of sp³-hybridized carbons (Fsp3) is 0.133. The maximum Gasteiger partial charge on any atom is 0.280 e. The Balaban J connectivity index is 1.93. The molecular weight excluding hydrogens is 348 g/mol. The van der Waals surface area contributed by atoms with E-state index >= 15 is 0 Å². The van der Waals surface area contributed by atoms with E-state index in [4.69, 9.17) is 11.6 Å². The number of aryl methyl sites for hydroxylation is 2. The van der Waals surface area contributed by atoms with E-state index in [1.807, 2.05) is 0 Å². The van der Waals surface area contributed by atoms with Crippen molar-refractivity contribution in [3.8, 4) is 5.88 Å². The van der Waals surface area contributed by atoms with Gasteiger partial charge in [-0.25, -0.2) is 4.68 Å². The highest BCUT2D eigenvalue weighted by Gasteiger charge is 2.16. The van der Waals surface area contributed by atoms with Gasteiger partial charge in [0.2, 0.25) is 5.43 Å². The second kappa shape index (κ2) is 5.71. The molecule has 0 saturated heterocycles. The molecule has 9 nitrogen and oxygen atoms in total. The molecule has 0 saturated carbocycles. The molecule has 0 radical (unpaired) electrons. The summed E-state index contributed by atoms with van der Waals surface area (Å²) in [5, 5.41) is 22.5. The SMILES string of the molecule is O=c1c2ccc(Cl)cc2[nH]c2c(O)nn(CCn3nccn3)c(=O)c12. The van der Waals surface area contributed by atoms with Crippen LogP contribution in [0.15, 0.2) is 40.2 Å². The van der Waals surface area contributed by atoms with Crippen molar-refractivity contribution in [1.82, 2.24) is 29.8 Å². The minimum atomic E-state index is -0.599. The number of hydrogen-bond acceptors (Lipinski definition) is 6. The molecule has 10 heteroatoms. The lowest BCUT2D eigenvalue weighted by molar-refractivity contribution is 0.401. The normalized spacial score (nSPS) is 11.4. The number of aromatic hydroxyl groups is 1. The van der Waals surface area contributed by atoms with Gasteiger partial charge in [-0.2, -0.15) is 15.0 Å². The third kappa shape index (κ3) is 2.54. The fourth-order valence-electron chi connectivity index (χ4n) is 2.67. The Morgan fingerprint density at radius 2 is 1.92 bits per heavy atom. The number of H-pyrrole nitrogens is 1. The van der Waals surface area contributed by atoms with Gasteiger partial charge in [-0.05, 0) is 18.2 Å². The number of pyridine rings is 1. The number of hydrogen-bond donors (Lipinski definition) is 2. The van der Waals surface area contributed by atoms with Crippen LogP contribution in [0.5, 0.6) is 5.88 Å².